The number of hydrogen-bond donors (Lipinski definition) is 2. The largest absolute Gasteiger partial charge is 0.360 e. The summed E-state index contributed by atoms with van der Waals surface area (Å²) >= 11 is 1.42. The third kappa shape index (κ3) is 3.10. The van der Waals surface area contributed by atoms with Gasteiger partial charge in [0, 0.05) is 12.6 Å². The Balaban J connectivity index is 2.12. The maximum atomic E-state index is 10.9. The smallest absolute Gasteiger partial charge is 0.264 e. The van der Waals surface area contributed by atoms with Gasteiger partial charge < -0.3 is 5.32 Å². The first kappa shape index (κ1) is 11.7. The molecule has 0 aliphatic heterocycles. The lowest BCUT2D eigenvalue weighted by Gasteiger charge is -2.03. The molecule has 0 radical (unpaired) electrons. The Kier molecular flexibility index (Phi) is 3.48. The van der Waals surface area contributed by atoms with Crippen LogP contribution in [0.2, 0.25) is 0 Å². The molecule has 90 valence electrons. The summed E-state index contributed by atoms with van der Waals surface area (Å²) in [6.45, 7) is 5.10. The molecule has 0 unspecified atom stereocenters. The minimum absolute atomic E-state index is 0.226. The van der Waals surface area contributed by atoms with Gasteiger partial charge in [-0.3, -0.25) is 4.79 Å². The molecule has 0 saturated heterocycles. The molecular weight excluding hydrogens is 238 g/mol. The van der Waals surface area contributed by atoms with Gasteiger partial charge in [0.05, 0.1) is 0 Å². The highest BCUT2D eigenvalue weighted by atomic mass is 32.1. The summed E-state index contributed by atoms with van der Waals surface area (Å²) < 4.78 is 0. The minimum atomic E-state index is -0.226. The quantitative estimate of drug-likeness (QED) is 0.857. The van der Waals surface area contributed by atoms with Gasteiger partial charge in [0.25, 0.3) is 5.56 Å². The lowest BCUT2D eigenvalue weighted by molar-refractivity contribution is 0.687. The van der Waals surface area contributed by atoms with Crippen LogP contribution in [0.4, 0.5) is 5.13 Å². The van der Waals surface area contributed by atoms with Crippen LogP contribution in [0.25, 0.3) is 10.7 Å². The number of H-pyrrole nitrogens is 1. The van der Waals surface area contributed by atoms with Crippen molar-refractivity contribution < 1.29 is 0 Å². The molecule has 6 nitrogen and oxygen atoms in total. The van der Waals surface area contributed by atoms with Crippen molar-refractivity contribution in [2.45, 2.75) is 13.8 Å². The van der Waals surface area contributed by atoms with E-state index in [-0.39, 0.29) is 5.56 Å². The van der Waals surface area contributed by atoms with Gasteiger partial charge in [-0.15, -0.1) is 10.2 Å². The monoisotopic (exact) mass is 251 g/mol. The molecule has 0 fully saturated rings. The summed E-state index contributed by atoms with van der Waals surface area (Å²) in [4.78, 5) is 10.9. The normalized spacial score (nSPS) is 10.8. The summed E-state index contributed by atoms with van der Waals surface area (Å²) in [6.07, 6.45) is 0. The maximum absolute atomic E-state index is 10.9. The van der Waals surface area contributed by atoms with Crippen molar-refractivity contribution in [2.75, 3.05) is 11.9 Å². The molecule has 2 aromatic heterocycles. The van der Waals surface area contributed by atoms with Crippen molar-refractivity contribution in [3.05, 3.63) is 22.5 Å². The molecule has 0 bridgehead atoms. The Morgan fingerprint density at radius 3 is 2.88 bits per heavy atom. The van der Waals surface area contributed by atoms with E-state index < -0.39 is 0 Å². The third-order valence-electron chi connectivity index (χ3n) is 1.98. The Morgan fingerprint density at radius 2 is 2.24 bits per heavy atom. The van der Waals surface area contributed by atoms with Crippen LogP contribution in [-0.2, 0) is 0 Å². The zero-order valence-corrected chi connectivity index (χ0v) is 10.4. The summed E-state index contributed by atoms with van der Waals surface area (Å²) in [5.41, 5.74) is 0.399. The topological polar surface area (TPSA) is 83.6 Å². The molecule has 0 saturated carbocycles. The summed E-state index contributed by atoms with van der Waals surface area (Å²) in [5, 5.41) is 18.9. The van der Waals surface area contributed by atoms with Crippen molar-refractivity contribution in [3.63, 3.8) is 0 Å². The number of rotatable bonds is 4. The molecule has 0 atom stereocenters. The summed E-state index contributed by atoms with van der Waals surface area (Å²) in [6, 6.07) is 3.05. The SMILES string of the molecule is CC(C)CNc1nnc(-c2ccc(=O)[nH]n2)s1. The van der Waals surface area contributed by atoms with Gasteiger partial charge in [-0.05, 0) is 12.0 Å². The Labute approximate surface area is 102 Å². The molecule has 2 rings (SSSR count). The minimum Gasteiger partial charge on any atom is -0.360 e. The van der Waals surface area contributed by atoms with E-state index in [4.69, 9.17) is 0 Å². The highest BCUT2D eigenvalue weighted by Crippen LogP contribution is 2.23. The van der Waals surface area contributed by atoms with E-state index in [0.29, 0.717) is 16.6 Å². The van der Waals surface area contributed by atoms with E-state index in [9.17, 15) is 4.79 Å². The number of aromatic amines is 1. The van der Waals surface area contributed by atoms with E-state index >= 15 is 0 Å². The fraction of sp³-hybridized carbons (Fsp3) is 0.400. The molecule has 7 heteroatoms. The average molecular weight is 251 g/mol. The number of aromatic nitrogens is 4. The Hall–Kier alpha value is -1.76. The van der Waals surface area contributed by atoms with Gasteiger partial charge in [-0.25, -0.2) is 5.10 Å². The van der Waals surface area contributed by atoms with Crippen LogP contribution in [0.15, 0.2) is 16.9 Å². The molecular formula is C10H13N5OS. The van der Waals surface area contributed by atoms with Crippen LogP contribution in [0.1, 0.15) is 13.8 Å². The zero-order valence-electron chi connectivity index (χ0n) is 9.60. The van der Waals surface area contributed by atoms with Gasteiger partial charge >= 0.3 is 0 Å². The first-order valence-corrected chi connectivity index (χ1v) is 6.10. The second-order valence-corrected chi connectivity index (χ2v) is 4.97. The zero-order chi connectivity index (χ0) is 12.3. The van der Waals surface area contributed by atoms with Crippen LogP contribution >= 0.6 is 11.3 Å². The van der Waals surface area contributed by atoms with E-state index in [0.717, 1.165) is 11.7 Å². The van der Waals surface area contributed by atoms with Gasteiger partial charge in [0.15, 0.2) is 5.01 Å². The Morgan fingerprint density at radius 1 is 1.41 bits per heavy atom. The Bertz CT molecular complexity index is 527. The predicted octanol–water partition coefficient (Wildman–Crippen LogP) is 1.36. The van der Waals surface area contributed by atoms with Crippen LogP contribution in [-0.4, -0.2) is 26.9 Å². The summed E-state index contributed by atoms with van der Waals surface area (Å²) in [7, 11) is 0. The van der Waals surface area contributed by atoms with Crippen LogP contribution in [0, 0.1) is 5.92 Å². The lowest BCUT2D eigenvalue weighted by atomic mass is 10.2. The molecule has 0 aromatic carbocycles. The van der Waals surface area contributed by atoms with E-state index in [1.165, 1.54) is 17.4 Å². The average Bonchev–Trinajstić information content (AvgIpc) is 2.76. The van der Waals surface area contributed by atoms with Crippen LogP contribution < -0.4 is 10.9 Å². The lowest BCUT2D eigenvalue weighted by Crippen LogP contribution is -2.07. The van der Waals surface area contributed by atoms with Gasteiger partial charge in [-0.1, -0.05) is 25.2 Å². The predicted molar refractivity (Wildman–Crippen MR) is 67.1 cm³/mol. The van der Waals surface area contributed by atoms with Gasteiger partial charge in [0.1, 0.15) is 5.69 Å². The van der Waals surface area contributed by atoms with Gasteiger partial charge in [-0.2, -0.15) is 5.10 Å². The second-order valence-electron chi connectivity index (χ2n) is 3.99. The molecule has 0 aliphatic carbocycles. The molecule has 17 heavy (non-hydrogen) atoms. The van der Waals surface area contributed by atoms with Crippen molar-refractivity contribution in [1.29, 1.82) is 0 Å². The highest BCUT2D eigenvalue weighted by Gasteiger charge is 2.07. The van der Waals surface area contributed by atoms with E-state index in [1.54, 1.807) is 6.07 Å². The molecule has 0 spiro atoms. The fourth-order valence-electron chi connectivity index (χ4n) is 1.15. The molecule has 0 aliphatic rings. The highest BCUT2D eigenvalue weighted by molar-refractivity contribution is 7.18. The van der Waals surface area contributed by atoms with Crippen molar-refractivity contribution in [3.8, 4) is 10.7 Å². The molecule has 0 amide bonds. The van der Waals surface area contributed by atoms with E-state index in [1.807, 2.05) is 0 Å². The van der Waals surface area contributed by atoms with Crippen molar-refractivity contribution in [2.24, 2.45) is 5.92 Å². The third-order valence-corrected chi connectivity index (χ3v) is 2.89. The first-order chi connectivity index (χ1) is 8.15. The van der Waals surface area contributed by atoms with Gasteiger partial charge in [0.2, 0.25) is 5.13 Å². The second kappa shape index (κ2) is 5.05. The van der Waals surface area contributed by atoms with Crippen LogP contribution in [0.3, 0.4) is 0 Å². The number of anilines is 1. The number of nitrogens with zero attached hydrogens (tertiary/aromatic N) is 3. The number of hydrogen-bond acceptors (Lipinski definition) is 6. The fourth-order valence-corrected chi connectivity index (χ4v) is 1.87. The number of nitrogens with one attached hydrogen (secondary N) is 2. The molecule has 2 heterocycles. The van der Waals surface area contributed by atoms with Crippen molar-refractivity contribution >= 4 is 16.5 Å². The van der Waals surface area contributed by atoms with Crippen LogP contribution in [0.5, 0.6) is 0 Å². The summed E-state index contributed by atoms with van der Waals surface area (Å²) in [5.74, 6) is 0.550. The molecule has 2 N–H and O–H groups in total. The van der Waals surface area contributed by atoms with E-state index in [2.05, 4.69) is 39.6 Å². The molecule has 2 aromatic rings. The van der Waals surface area contributed by atoms with Crippen molar-refractivity contribution in [1.82, 2.24) is 20.4 Å². The first-order valence-electron chi connectivity index (χ1n) is 5.28. The maximum Gasteiger partial charge on any atom is 0.264 e. The standard InChI is InChI=1S/C10H13N5OS/c1-6(2)5-11-10-15-14-9(17-10)7-3-4-8(16)13-12-7/h3-4,6H,5H2,1-2H3,(H,11,15)(H,13,16).